The SMILES string of the molecule is CS(=O)(=O)Cc1ccc(C(=O)NCc2ccccc2Cn2cccn2)cc1. The summed E-state index contributed by atoms with van der Waals surface area (Å²) < 4.78 is 24.5. The van der Waals surface area contributed by atoms with Crippen molar-refractivity contribution in [3.8, 4) is 0 Å². The third-order valence-electron chi connectivity index (χ3n) is 4.09. The zero-order valence-corrected chi connectivity index (χ0v) is 15.8. The van der Waals surface area contributed by atoms with Crippen molar-refractivity contribution in [2.45, 2.75) is 18.8 Å². The first kappa shape index (κ1) is 18.8. The Morgan fingerprint density at radius 2 is 1.74 bits per heavy atom. The Kier molecular flexibility index (Phi) is 5.71. The van der Waals surface area contributed by atoms with E-state index < -0.39 is 9.84 Å². The van der Waals surface area contributed by atoms with Gasteiger partial charge in [0.1, 0.15) is 0 Å². The quantitative estimate of drug-likeness (QED) is 0.679. The second-order valence-corrected chi connectivity index (χ2v) is 8.56. The minimum atomic E-state index is -3.09. The summed E-state index contributed by atoms with van der Waals surface area (Å²) in [6.07, 6.45) is 4.82. The number of amides is 1. The molecule has 3 rings (SSSR count). The molecule has 0 spiro atoms. The highest BCUT2D eigenvalue weighted by Gasteiger charge is 2.09. The molecule has 0 aliphatic rings. The maximum atomic E-state index is 12.4. The van der Waals surface area contributed by atoms with E-state index in [1.54, 1.807) is 30.5 Å². The van der Waals surface area contributed by atoms with Crippen LogP contribution in [0.15, 0.2) is 67.0 Å². The lowest BCUT2D eigenvalue weighted by molar-refractivity contribution is 0.0951. The van der Waals surface area contributed by atoms with Crippen LogP contribution in [0.3, 0.4) is 0 Å². The van der Waals surface area contributed by atoms with Crippen molar-refractivity contribution in [2.75, 3.05) is 6.26 Å². The fourth-order valence-electron chi connectivity index (χ4n) is 2.79. The normalized spacial score (nSPS) is 11.3. The van der Waals surface area contributed by atoms with Crippen LogP contribution < -0.4 is 5.32 Å². The molecule has 140 valence electrons. The van der Waals surface area contributed by atoms with E-state index in [4.69, 9.17) is 0 Å². The van der Waals surface area contributed by atoms with Crippen molar-refractivity contribution in [2.24, 2.45) is 0 Å². The van der Waals surface area contributed by atoms with E-state index in [2.05, 4.69) is 10.4 Å². The maximum Gasteiger partial charge on any atom is 0.251 e. The zero-order valence-electron chi connectivity index (χ0n) is 15.0. The van der Waals surface area contributed by atoms with Crippen LogP contribution in [0.25, 0.3) is 0 Å². The average molecular weight is 383 g/mol. The van der Waals surface area contributed by atoms with Crippen LogP contribution in [0.1, 0.15) is 27.0 Å². The third-order valence-corrected chi connectivity index (χ3v) is 4.95. The van der Waals surface area contributed by atoms with Gasteiger partial charge in [-0.05, 0) is 34.9 Å². The summed E-state index contributed by atoms with van der Waals surface area (Å²) in [5.41, 5.74) is 3.27. The van der Waals surface area contributed by atoms with Crippen molar-refractivity contribution < 1.29 is 13.2 Å². The van der Waals surface area contributed by atoms with Crippen molar-refractivity contribution in [1.82, 2.24) is 15.1 Å². The van der Waals surface area contributed by atoms with Gasteiger partial charge in [0.2, 0.25) is 0 Å². The predicted octanol–water partition coefficient (Wildman–Crippen LogP) is 2.41. The van der Waals surface area contributed by atoms with Gasteiger partial charge in [-0.15, -0.1) is 0 Å². The number of hydrogen-bond acceptors (Lipinski definition) is 4. The third kappa shape index (κ3) is 5.52. The van der Waals surface area contributed by atoms with Crippen LogP contribution in [0, 0.1) is 0 Å². The lowest BCUT2D eigenvalue weighted by Gasteiger charge is -2.11. The smallest absolute Gasteiger partial charge is 0.251 e. The van der Waals surface area contributed by atoms with Gasteiger partial charge in [-0.25, -0.2) is 8.42 Å². The molecule has 0 bridgehead atoms. The zero-order chi connectivity index (χ0) is 19.3. The Balaban J connectivity index is 1.64. The minimum absolute atomic E-state index is 0.0320. The van der Waals surface area contributed by atoms with Gasteiger partial charge in [-0.1, -0.05) is 36.4 Å². The number of nitrogens with zero attached hydrogens (tertiary/aromatic N) is 2. The van der Waals surface area contributed by atoms with Gasteiger partial charge in [-0.3, -0.25) is 9.48 Å². The summed E-state index contributed by atoms with van der Waals surface area (Å²) in [6, 6.07) is 16.4. The molecule has 27 heavy (non-hydrogen) atoms. The molecule has 6 nitrogen and oxygen atoms in total. The van der Waals surface area contributed by atoms with E-state index in [9.17, 15) is 13.2 Å². The summed E-state index contributed by atoms with van der Waals surface area (Å²) in [7, 11) is -3.09. The monoisotopic (exact) mass is 383 g/mol. The molecule has 0 unspecified atom stereocenters. The molecule has 0 saturated heterocycles. The molecule has 1 amide bonds. The van der Waals surface area contributed by atoms with Gasteiger partial charge in [-0.2, -0.15) is 5.10 Å². The van der Waals surface area contributed by atoms with E-state index in [-0.39, 0.29) is 11.7 Å². The fourth-order valence-corrected chi connectivity index (χ4v) is 3.58. The van der Waals surface area contributed by atoms with Crippen molar-refractivity contribution in [3.05, 3.63) is 89.2 Å². The Hall–Kier alpha value is -2.93. The van der Waals surface area contributed by atoms with Crippen LogP contribution in [0.2, 0.25) is 0 Å². The number of rotatable bonds is 7. The molecule has 1 heterocycles. The van der Waals surface area contributed by atoms with E-state index >= 15 is 0 Å². The topological polar surface area (TPSA) is 81.1 Å². The van der Waals surface area contributed by atoms with Gasteiger partial charge in [0.05, 0.1) is 12.3 Å². The summed E-state index contributed by atoms with van der Waals surface area (Å²) in [5.74, 6) is -0.231. The van der Waals surface area contributed by atoms with E-state index in [1.165, 1.54) is 6.26 Å². The Labute approximate surface area is 158 Å². The molecule has 0 aliphatic heterocycles. The van der Waals surface area contributed by atoms with Crippen molar-refractivity contribution in [3.63, 3.8) is 0 Å². The first-order valence-corrected chi connectivity index (χ1v) is 10.6. The maximum absolute atomic E-state index is 12.4. The lowest BCUT2D eigenvalue weighted by atomic mass is 10.1. The Morgan fingerprint density at radius 1 is 1.04 bits per heavy atom. The van der Waals surface area contributed by atoms with E-state index in [1.807, 2.05) is 41.2 Å². The van der Waals surface area contributed by atoms with Crippen LogP contribution in [0.4, 0.5) is 0 Å². The first-order chi connectivity index (χ1) is 12.9. The summed E-state index contributed by atoms with van der Waals surface area (Å²) in [5, 5.41) is 7.13. The number of aromatic nitrogens is 2. The number of benzene rings is 2. The van der Waals surface area contributed by atoms with Crippen LogP contribution in [-0.4, -0.2) is 30.4 Å². The number of sulfone groups is 1. The molecular weight excluding hydrogens is 362 g/mol. The molecular formula is C20H21N3O3S. The standard InChI is InChI=1S/C20H21N3O3S/c1-27(25,26)15-16-7-9-17(10-8-16)20(24)21-13-18-5-2-3-6-19(18)14-23-12-4-11-22-23/h2-12H,13-15H2,1H3,(H,21,24). The molecule has 0 radical (unpaired) electrons. The first-order valence-electron chi connectivity index (χ1n) is 8.50. The highest BCUT2D eigenvalue weighted by Crippen LogP contribution is 2.12. The van der Waals surface area contributed by atoms with Crippen molar-refractivity contribution in [1.29, 1.82) is 0 Å². The molecule has 0 saturated carbocycles. The predicted molar refractivity (Wildman–Crippen MR) is 104 cm³/mol. The number of hydrogen-bond donors (Lipinski definition) is 1. The van der Waals surface area contributed by atoms with Gasteiger partial charge in [0, 0.05) is 30.8 Å². The Bertz CT molecular complexity index is 1010. The molecule has 3 aromatic rings. The number of carbonyl (C=O) groups excluding carboxylic acids is 1. The van der Waals surface area contributed by atoms with Crippen LogP contribution in [-0.2, 0) is 28.7 Å². The lowest BCUT2D eigenvalue weighted by Crippen LogP contribution is -2.23. The van der Waals surface area contributed by atoms with Gasteiger partial charge in [0.15, 0.2) is 9.84 Å². The number of carbonyl (C=O) groups is 1. The molecule has 1 aromatic heterocycles. The molecule has 0 aliphatic carbocycles. The highest BCUT2D eigenvalue weighted by molar-refractivity contribution is 7.89. The van der Waals surface area contributed by atoms with Gasteiger partial charge < -0.3 is 5.32 Å². The molecule has 0 fully saturated rings. The van der Waals surface area contributed by atoms with Crippen LogP contribution in [0.5, 0.6) is 0 Å². The largest absolute Gasteiger partial charge is 0.348 e. The second-order valence-electron chi connectivity index (χ2n) is 6.42. The van der Waals surface area contributed by atoms with E-state index in [0.717, 1.165) is 11.1 Å². The van der Waals surface area contributed by atoms with Crippen molar-refractivity contribution >= 4 is 15.7 Å². The summed E-state index contributed by atoms with van der Waals surface area (Å²) in [4.78, 5) is 12.4. The average Bonchev–Trinajstić information content (AvgIpc) is 3.13. The minimum Gasteiger partial charge on any atom is -0.348 e. The molecule has 0 atom stereocenters. The highest BCUT2D eigenvalue weighted by atomic mass is 32.2. The molecule has 7 heteroatoms. The second kappa shape index (κ2) is 8.18. The fraction of sp³-hybridized carbons (Fsp3) is 0.200. The van der Waals surface area contributed by atoms with Crippen LogP contribution >= 0.6 is 0 Å². The van der Waals surface area contributed by atoms with Gasteiger partial charge >= 0.3 is 0 Å². The summed E-state index contributed by atoms with van der Waals surface area (Å²) in [6.45, 7) is 1.04. The number of nitrogens with one attached hydrogen (secondary N) is 1. The van der Waals surface area contributed by atoms with E-state index in [0.29, 0.717) is 24.2 Å². The summed E-state index contributed by atoms with van der Waals surface area (Å²) >= 11 is 0. The van der Waals surface area contributed by atoms with Gasteiger partial charge in [0.25, 0.3) is 5.91 Å². The Morgan fingerprint density at radius 3 is 2.37 bits per heavy atom. The molecule has 2 aromatic carbocycles. The molecule has 1 N–H and O–H groups in total.